The highest BCUT2D eigenvalue weighted by atomic mass is 15.0. The second kappa shape index (κ2) is 34.4. The highest BCUT2D eigenvalue weighted by Crippen LogP contribution is 2.41. The van der Waals surface area contributed by atoms with E-state index in [4.69, 9.17) is 29.9 Å². The van der Waals surface area contributed by atoms with E-state index in [2.05, 4.69) is 330 Å². The zero-order valence-electron chi connectivity index (χ0n) is 73.1. The van der Waals surface area contributed by atoms with Gasteiger partial charge in [0, 0.05) is 127 Å². The lowest BCUT2D eigenvalue weighted by Gasteiger charge is -2.17. The van der Waals surface area contributed by atoms with E-state index < -0.39 is 0 Å². The quantitative estimate of drug-likeness (QED) is 0.115. The molecule has 0 atom stereocenters. The Bertz CT molecular complexity index is 6470. The molecule has 1 fully saturated rings. The van der Waals surface area contributed by atoms with E-state index in [1.807, 2.05) is 69.4 Å². The Morgan fingerprint density at radius 2 is 0.636 bits per heavy atom. The molecule has 0 saturated heterocycles. The summed E-state index contributed by atoms with van der Waals surface area (Å²) >= 11 is 0. The third-order valence-corrected chi connectivity index (χ3v) is 23.6. The van der Waals surface area contributed by atoms with Gasteiger partial charge in [-0.1, -0.05) is 130 Å². The van der Waals surface area contributed by atoms with E-state index in [1.54, 1.807) is 0 Å². The van der Waals surface area contributed by atoms with Crippen molar-refractivity contribution < 1.29 is 18.3 Å². The Morgan fingerprint density at radius 1 is 0.331 bits per heavy atom. The molecule has 17 rings (SSSR count). The predicted molar refractivity (Wildman–Crippen MR) is 482 cm³/mol. The summed E-state index contributed by atoms with van der Waals surface area (Å²) < 4.78 is 8.51. The smallest absolute Gasteiger partial charge is 0.261 e. The second-order valence-corrected chi connectivity index (χ2v) is 34.4. The number of aromatic nitrogens is 14. The van der Waals surface area contributed by atoms with Gasteiger partial charge in [0.1, 0.15) is 34.4 Å². The number of hydrogen-bond donors (Lipinski definition) is 0. The van der Waals surface area contributed by atoms with Crippen molar-refractivity contribution in [3.05, 3.63) is 298 Å². The van der Waals surface area contributed by atoms with Crippen molar-refractivity contribution in [2.24, 2.45) is 33.6 Å². The number of rotatable bonds is 11. The molecule has 0 spiro atoms. The van der Waals surface area contributed by atoms with Crippen molar-refractivity contribution in [1.82, 2.24) is 49.8 Å². The van der Waals surface area contributed by atoms with Gasteiger partial charge in [0.15, 0.2) is 22.1 Å². The number of fused-ring (bicyclic) bond motifs is 4. The molecule has 8 heterocycles. The number of aryl methyl sites for hydroxylation is 13. The van der Waals surface area contributed by atoms with Crippen molar-refractivity contribution in [2.45, 2.75) is 169 Å². The molecule has 0 N–H and O–H groups in total. The Labute approximate surface area is 697 Å². The summed E-state index contributed by atoms with van der Waals surface area (Å²) in [6.45, 7) is 39.0. The molecule has 1 aliphatic carbocycles. The fourth-order valence-electron chi connectivity index (χ4n) is 17.0. The molecule has 16 aromatic rings. The number of benzene rings is 8. The first-order chi connectivity index (χ1) is 56.5. The molecule has 0 aliphatic heterocycles. The minimum atomic E-state index is 0.225. The van der Waals surface area contributed by atoms with E-state index in [0.717, 1.165) is 106 Å². The van der Waals surface area contributed by atoms with Gasteiger partial charge in [0.05, 0.1) is 49.7 Å². The third kappa shape index (κ3) is 17.2. The molecule has 14 nitrogen and oxygen atoms in total. The average molecular weight is 1560 g/mol. The predicted octanol–water partition coefficient (Wildman–Crippen LogP) is 22.3. The van der Waals surface area contributed by atoms with E-state index in [-0.39, 0.29) is 5.41 Å². The molecule has 0 unspecified atom stereocenters. The van der Waals surface area contributed by atoms with Gasteiger partial charge in [0.2, 0.25) is 0 Å². The SMILES string of the molecule is Cc1cc(C)c(C)c(-c2c3cccc(-c4ccc(C5CCCC5)nc4)c3nc[n+]2C)c1.Cc1cc(C)c(C)c(-c2c3cccc(-c4ccc(CC(C)(C)C)nc4)c3nc[n+]2C)c1.Cc1cc(C)c(C)c(-c2c3cccc(-c4cnc(C(C)C)nc4)c3nc[n+]2C)c1.Cc1cc(C)c(C)c(-c2c3cccc(-c4cnc(C)nc4)c3nc[n+]2C)c1. The minimum absolute atomic E-state index is 0.225. The molecule has 8 aromatic heterocycles. The van der Waals surface area contributed by atoms with Gasteiger partial charge in [-0.3, -0.25) is 9.97 Å². The molecule has 0 radical (unpaired) electrons. The van der Waals surface area contributed by atoms with Crippen LogP contribution in [-0.2, 0) is 34.6 Å². The van der Waals surface area contributed by atoms with Gasteiger partial charge in [-0.2, -0.15) is 0 Å². The average Bonchev–Trinajstić information content (AvgIpc) is 0.785. The van der Waals surface area contributed by atoms with E-state index in [1.165, 1.54) is 149 Å². The first-order valence-corrected chi connectivity index (χ1v) is 41.4. The van der Waals surface area contributed by atoms with Crippen LogP contribution < -0.4 is 18.3 Å². The number of pyridine rings is 2. The summed E-state index contributed by atoms with van der Waals surface area (Å²) in [6.07, 6.45) is 25.4. The van der Waals surface area contributed by atoms with Crippen LogP contribution in [0.5, 0.6) is 0 Å². The molecule has 594 valence electrons. The van der Waals surface area contributed by atoms with Crippen LogP contribution >= 0.6 is 0 Å². The summed E-state index contributed by atoms with van der Waals surface area (Å²) in [5.41, 5.74) is 40.6. The molecular formula is C104H112N14+4. The van der Waals surface area contributed by atoms with Crippen LogP contribution in [0, 0.1) is 95.4 Å². The highest BCUT2D eigenvalue weighted by Gasteiger charge is 2.28. The molecule has 14 heteroatoms. The number of nitrogens with zero attached hydrogens (tertiary/aromatic N) is 14. The van der Waals surface area contributed by atoms with Crippen LogP contribution in [0.1, 0.15) is 162 Å². The zero-order chi connectivity index (χ0) is 83.7. The van der Waals surface area contributed by atoms with Crippen LogP contribution in [0.3, 0.4) is 0 Å². The summed E-state index contributed by atoms with van der Waals surface area (Å²) in [7, 11) is 8.28. The maximum absolute atomic E-state index is 4.85. The van der Waals surface area contributed by atoms with Crippen LogP contribution in [0.2, 0.25) is 0 Å². The Hall–Kier alpha value is -12.4. The Kier molecular flexibility index (Phi) is 23.9. The van der Waals surface area contributed by atoms with Gasteiger partial charge in [0.25, 0.3) is 25.3 Å². The van der Waals surface area contributed by atoms with E-state index in [0.29, 0.717) is 11.8 Å². The molecular weight excluding hydrogens is 1450 g/mol. The molecule has 1 saturated carbocycles. The normalized spacial score (nSPS) is 12.3. The van der Waals surface area contributed by atoms with Crippen molar-refractivity contribution in [3.63, 3.8) is 0 Å². The highest BCUT2D eigenvalue weighted by molar-refractivity contribution is 6.03. The van der Waals surface area contributed by atoms with Crippen LogP contribution in [0.25, 0.3) is 133 Å². The van der Waals surface area contributed by atoms with Gasteiger partial charge in [-0.05, 0) is 264 Å². The van der Waals surface area contributed by atoms with Crippen molar-refractivity contribution in [2.75, 3.05) is 0 Å². The monoisotopic (exact) mass is 1560 g/mol. The van der Waals surface area contributed by atoms with Gasteiger partial charge < -0.3 is 0 Å². The lowest BCUT2D eigenvalue weighted by atomic mass is 9.90. The molecule has 0 amide bonds. The van der Waals surface area contributed by atoms with E-state index in [9.17, 15) is 0 Å². The topological polar surface area (TPSA) is 144 Å². The molecule has 118 heavy (non-hydrogen) atoms. The summed E-state index contributed by atoms with van der Waals surface area (Å²) in [5.74, 6) is 2.58. The van der Waals surface area contributed by atoms with Gasteiger partial charge >= 0.3 is 0 Å². The van der Waals surface area contributed by atoms with Crippen molar-refractivity contribution in [1.29, 1.82) is 0 Å². The fourth-order valence-corrected chi connectivity index (χ4v) is 17.0. The van der Waals surface area contributed by atoms with Crippen molar-refractivity contribution >= 4 is 43.6 Å². The largest absolute Gasteiger partial charge is 0.287 e. The lowest BCUT2D eigenvalue weighted by Crippen LogP contribution is -2.32. The standard InChI is InChI=1S/C28H30N3.C28H32N3.C25H27N4.C23H23N4/c1-18-14-19(2)20(3)25(15-18)28-24-11-7-10-23(27(24)30-17-31(28)4)22-12-13-26(29-16-22)21-8-5-6-9-21;1-18-13-19(2)20(3)25(14-18)27-24-10-8-9-23(26(24)30-17-31(27)7)21-11-12-22(29-16-21)15-28(4,5)6;1-15(2)25-26-12-19(13-27-25)20-8-7-9-21-23(20)28-14-29(6)24(21)22-11-16(3)10-17(4)18(22)5;1-14-9-15(2)16(3)21(10-14)23-20-8-6-7-19(22(20)26-13-27(23)5)18-11-24-17(4)25-12-18/h7,10-17,21H,5-6,8-9H2,1-4H3;8-14,16-17H,15H2,1-7H3;7-15H,1-6H3;6-13H,1-5H3/q4*+1. The third-order valence-electron chi connectivity index (χ3n) is 23.6. The minimum Gasteiger partial charge on any atom is -0.261 e. The Balaban J connectivity index is 0.000000129. The second-order valence-electron chi connectivity index (χ2n) is 34.4. The van der Waals surface area contributed by atoms with Gasteiger partial charge in [-0.15, -0.1) is 0 Å². The first-order valence-electron chi connectivity index (χ1n) is 41.4. The first kappa shape index (κ1) is 82.1. The van der Waals surface area contributed by atoms with Crippen LogP contribution in [0.4, 0.5) is 0 Å². The summed E-state index contributed by atoms with van der Waals surface area (Å²) in [5, 5.41) is 4.60. The number of para-hydroxylation sites is 4. The summed E-state index contributed by atoms with van der Waals surface area (Å²) in [6, 6.07) is 52.5. The van der Waals surface area contributed by atoms with Crippen molar-refractivity contribution in [3.8, 4) is 89.5 Å². The molecule has 1 aliphatic rings. The number of hydrogen-bond acceptors (Lipinski definition) is 10. The van der Waals surface area contributed by atoms with E-state index >= 15 is 0 Å². The Morgan fingerprint density at radius 3 is 0.932 bits per heavy atom. The lowest BCUT2D eigenvalue weighted by molar-refractivity contribution is -0.662. The van der Waals surface area contributed by atoms with Gasteiger partial charge in [-0.25, -0.2) is 38.2 Å². The maximum Gasteiger partial charge on any atom is 0.287 e. The maximum atomic E-state index is 4.85. The molecule has 8 aromatic carbocycles. The fraction of sp³-hybridized carbons (Fsp3) is 0.288. The van der Waals surface area contributed by atoms with Crippen LogP contribution in [0.15, 0.2) is 208 Å². The summed E-state index contributed by atoms with van der Waals surface area (Å²) in [4.78, 5) is 46.6. The molecule has 0 bridgehead atoms. The zero-order valence-corrected chi connectivity index (χ0v) is 73.1. The van der Waals surface area contributed by atoms with Crippen LogP contribution in [-0.4, -0.2) is 49.8 Å².